The first-order valence-electron chi connectivity index (χ1n) is 21.1. The van der Waals surface area contributed by atoms with E-state index in [1.807, 2.05) is 26.8 Å². The lowest BCUT2D eigenvalue weighted by atomic mass is 8.26. The van der Waals surface area contributed by atoms with Gasteiger partial charge in [0, 0.05) is 331 Å². The Morgan fingerprint density at radius 2 is 0.859 bits per heavy atom. The molecule has 0 aliphatic carbocycles. The average Bonchev–Trinajstić information content (AvgIpc) is 3.12. The SMILES string of the molecule is CC(C)(C)OC(=O)N1CCCN(c2ccncc2N)C1.[B]B([B])B([B])B(B(B([B])[B])B([B])[B])B(B(B(B([B])[B])B([B])[B])B(B([B])[B])B([B])[B])B(B(B([B])[B])B([B])[B])B(B([B])[B])B([B])[B]. The number of amides is 1. The molecule has 6 nitrogen and oxygen atoms in total. The predicted molar refractivity (Wildman–Crippen MR) is 332 cm³/mol. The quantitative estimate of drug-likeness (QED) is 0.127. The molecule has 1 amide bonds. The van der Waals surface area contributed by atoms with Crippen molar-refractivity contribution in [2.24, 2.45) is 0 Å². The molecular formula is C14H22B44N4O2. The summed E-state index contributed by atoms with van der Waals surface area (Å²) in [5.74, 6) is 0. The van der Waals surface area contributed by atoms with Crippen molar-refractivity contribution in [3.8, 4) is 0 Å². The van der Waals surface area contributed by atoms with Crippen molar-refractivity contribution in [3.63, 3.8) is 0 Å². The molecule has 0 unspecified atom stereocenters. The summed E-state index contributed by atoms with van der Waals surface area (Å²) >= 11 is 0. The van der Waals surface area contributed by atoms with Crippen LogP contribution in [-0.4, -0.2) is 353 Å². The van der Waals surface area contributed by atoms with Crippen LogP contribution in [0.2, 0.25) is 0 Å². The third-order valence-electron chi connectivity index (χ3n) is 11.9. The highest BCUT2D eigenvalue weighted by Crippen LogP contribution is 2.25. The minimum absolute atomic E-state index is 0.283. The maximum absolute atomic E-state index is 12.1. The van der Waals surface area contributed by atoms with Gasteiger partial charge in [0.1, 0.15) is 5.60 Å². The van der Waals surface area contributed by atoms with Gasteiger partial charge in [-0.05, 0) is 33.3 Å². The number of pyridine rings is 1. The third-order valence-corrected chi connectivity index (χ3v) is 11.9. The fourth-order valence-corrected chi connectivity index (χ4v) is 9.34. The lowest BCUT2D eigenvalue weighted by molar-refractivity contribution is 0.0226. The van der Waals surface area contributed by atoms with E-state index in [2.05, 4.69) is 9.88 Å². The van der Waals surface area contributed by atoms with Gasteiger partial charge in [-0.25, -0.2) is 4.79 Å². The van der Waals surface area contributed by atoms with E-state index < -0.39 is 140 Å². The van der Waals surface area contributed by atoms with Gasteiger partial charge in [-0.3, -0.25) is 9.88 Å². The van der Waals surface area contributed by atoms with E-state index >= 15 is 0 Å². The van der Waals surface area contributed by atoms with Gasteiger partial charge >= 0.3 is 6.09 Å². The molecule has 1 fully saturated rings. The largest absolute Gasteiger partial charge is 0.444 e. The fraction of sp³-hybridized carbons (Fsp3) is 0.571. The van der Waals surface area contributed by atoms with Crippen LogP contribution in [0.4, 0.5) is 16.2 Å². The Kier molecular flexibility index (Phi) is 28.2. The maximum Gasteiger partial charge on any atom is 0.411 e. The lowest BCUT2D eigenvalue weighted by Crippen LogP contribution is -2.93. The van der Waals surface area contributed by atoms with E-state index in [-0.39, 0.29) is 6.09 Å². The van der Waals surface area contributed by atoms with Crippen LogP contribution in [0.15, 0.2) is 18.5 Å². The number of carbonyl (C=O) groups excluding carboxylic acids is 1. The highest BCUT2D eigenvalue weighted by molar-refractivity contribution is 8.33. The number of carbonyl (C=O) groups is 1. The summed E-state index contributed by atoms with van der Waals surface area (Å²) in [4.78, 5) is 19.9. The molecule has 50 heteroatoms. The van der Waals surface area contributed by atoms with Gasteiger partial charge in [0.05, 0.1) is 24.2 Å². The van der Waals surface area contributed by atoms with Crippen molar-refractivity contribution in [2.75, 3.05) is 30.4 Å². The number of rotatable bonds is 21. The molecule has 1 aromatic rings. The number of hydrogen-bond donors (Lipinski definition) is 1. The van der Waals surface area contributed by atoms with E-state index in [0.29, 0.717) is 18.9 Å². The van der Waals surface area contributed by atoms with Gasteiger partial charge in [0.15, 0.2) is 0 Å². The van der Waals surface area contributed by atoms with Crippen LogP contribution in [0.3, 0.4) is 0 Å². The van der Waals surface area contributed by atoms with Crippen LogP contribution in [0.1, 0.15) is 27.2 Å². The van der Waals surface area contributed by atoms with Crippen LogP contribution in [-0.2, 0) is 4.74 Å². The first kappa shape index (κ1) is 62.9. The minimum Gasteiger partial charge on any atom is -0.444 e. The van der Waals surface area contributed by atoms with Gasteiger partial charge in [-0.2, -0.15) is 0 Å². The molecule has 0 aromatic carbocycles. The molecule has 64 heavy (non-hydrogen) atoms. The number of anilines is 2. The molecule has 2 rings (SSSR count). The average molecular weight is 754 g/mol. The van der Waals surface area contributed by atoms with Crippen LogP contribution < -0.4 is 10.6 Å². The Bertz CT molecular complexity index is 1360. The summed E-state index contributed by atoms with van der Waals surface area (Å²) in [5.41, 5.74) is 6.99. The second-order valence-electron chi connectivity index (χ2n) is 18.1. The maximum atomic E-state index is 12.1. The van der Waals surface area contributed by atoms with Crippen LogP contribution in [0.25, 0.3) is 0 Å². The van der Waals surface area contributed by atoms with Crippen molar-refractivity contribution < 1.29 is 9.53 Å². The number of hydrogen-bond acceptors (Lipinski definition) is 5. The molecule has 0 bridgehead atoms. The molecular weight excluding hydrogens is 732 g/mol. The number of ether oxygens (including phenoxy) is 1. The first-order valence-corrected chi connectivity index (χ1v) is 21.1. The number of nitrogen functional groups attached to an aromatic ring is 1. The Morgan fingerprint density at radius 3 is 1.16 bits per heavy atom. The summed E-state index contributed by atoms with van der Waals surface area (Å²) in [6, 6.07) is 1.87. The van der Waals surface area contributed by atoms with Crippen molar-refractivity contribution in [2.45, 2.75) is 32.8 Å². The van der Waals surface area contributed by atoms with Crippen molar-refractivity contribution in [3.05, 3.63) is 18.5 Å². The molecule has 1 aromatic heterocycles. The second kappa shape index (κ2) is 28.7. The van der Waals surface area contributed by atoms with E-state index in [1.165, 1.54) is 0 Å². The lowest BCUT2D eigenvalue weighted by Gasteiger charge is -2.55. The van der Waals surface area contributed by atoms with Crippen molar-refractivity contribution in [1.29, 1.82) is 0 Å². The summed E-state index contributed by atoms with van der Waals surface area (Å²) in [7, 11) is 145. The molecule has 46 radical (unpaired) electrons. The molecule has 2 heterocycles. The topological polar surface area (TPSA) is 71.7 Å². The third kappa shape index (κ3) is 18.2. The highest BCUT2D eigenvalue weighted by atomic mass is 16.6. The standard InChI is InChI=1S/C14H22N4O2.B44/c1-14(2,3)20-13(19)18-8-4-7-17(10-18)12-5-6-16-9-11(12)15;1-24(2)35(23)41(36(25(3)4)26(5)6)44(42(37(27(7)8)28(9)10)38(29(11)12)30(13)14)43(39(31(15)16)32(17)18)40(33(19)20)34(21)22/h5-6,9H,4,7-8,10,15H2,1-3H3;. The minimum atomic E-state index is -1.27. The second-order valence-corrected chi connectivity index (χ2v) is 18.1. The number of aromatic nitrogens is 1. The van der Waals surface area contributed by atoms with Crippen molar-refractivity contribution >= 4 is 330 Å². The van der Waals surface area contributed by atoms with E-state index in [4.69, 9.17) is 188 Å². The van der Waals surface area contributed by atoms with E-state index in [1.54, 1.807) is 17.3 Å². The molecule has 0 spiro atoms. The van der Waals surface area contributed by atoms with E-state index in [0.717, 1.165) is 18.7 Å². The van der Waals surface area contributed by atoms with E-state index in [9.17, 15) is 4.79 Å². The zero-order valence-electron chi connectivity index (χ0n) is 37.7. The van der Waals surface area contributed by atoms with Crippen LogP contribution in [0, 0.1) is 0 Å². The zero-order chi connectivity index (χ0) is 49.9. The first-order chi connectivity index (χ1) is 29.3. The number of nitrogens with zero attached hydrogens (tertiary/aromatic N) is 3. The summed E-state index contributed by atoms with van der Waals surface area (Å²) in [5, 5.41) is 0. The summed E-state index contributed by atoms with van der Waals surface area (Å²) in [6.45, 7) is 7.67. The van der Waals surface area contributed by atoms with Crippen LogP contribution >= 0.6 is 0 Å². The Labute approximate surface area is 427 Å². The van der Waals surface area contributed by atoms with Gasteiger partial charge in [0.2, 0.25) is 0 Å². The Balaban J connectivity index is 0.000000841. The van der Waals surface area contributed by atoms with Crippen molar-refractivity contribution in [1.82, 2.24) is 9.88 Å². The fourth-order valence-electron chi connectivity index (χ4n) is 9.34. The molecule has 1 aliphatic heterocycles. The molecule has 2 N–H and O–H groups in total. The zero-order valence-corrected chi connectivity index (χ0v) is 37.7. The molecule has 1 aliphatic rings. The highest BCUT2D eigenvalue weighted by Gasteiger charge is 2.58. The van der Waals surface area contributed by atoms with Gasteiger partial charge < -0.3 is 15.4 Å². The molecule has 0 atom stereocenters. The summed E-state index contributed by atoms with van der Waals surface area (Å²) in [6.07, 6.45) is -21.4. The van der Waals surface area contributed by atoms with Gasteiger partial charge in [0.25, 0.3) is 0 Å². The predicted octanol–water partition coefficient (Wildman–Crippen LogP) is -14.7. The number of nitrogens with two attached hydrogens (primary N) is 1. The molecule has 0 saturated carbocycles. The molecule has 242 valence electrons. The Morgan fingerprint density at radius 1 is 0.531 bits per heavy atom. The van der Waals surface area contributed by atoms with Gasteiger partial charge in [-0.15, -0.1) is 0 Å². The normalized spacial score (nSPS) is 11.7. The van der Waals surface area contributed by atoms with Gasteiger partial charge in [-0.1, -0.05) is 0 Å². The Hall–Kier alpha value is 0.877. The van der Waals surface area contributed by atoms with Crippen LogP contribution in [0.5, 0.6) is 0 Å². The monoisotopic (exact) mass is 763 g/mol. The summed E-state index contributed by atoms with van der Waals surface area (Å²) < 4.78 is 5.41. The smallest absolute Gasteiger partial charge is 0.411 e. The molecule has 1 saturated heterocycles.